The van der Waals surface area contributed by atoms with E-state index in [0.717, 1.165) is 0 Å². The van der Waals surface area contributed by atoms with Crippen LogP contribution in [-0.4, -0.2) is 39.0 Å². The van der Waals surface area contributed by atoms with Crippen LogP contribution in [0, 0.1) is 0 Å². The summed E-state index contributed by atoms with van der Waals surface area (Å²) >= 11 is 0. The van der Waals surface area contributed by atoms with Gasteiger partial charge in [0.1, 0.15) is 6.04 Å². The van der Waals surface area contributed by atoms with Crippen LogP contribution in [0.5, 0.6) is 11.6 Å². The first kappa shape index (κ1) is 14.8. The second-order valence-corrected chi connectivity index (χ2v) is 5.15. The Bertz CT molecular complexity index is 833. The molecule has 1 saturated heterocycles. The molecule has 1 aliphatic rings. The van der Waals surface area contributed by atoms with E-state index in [1.54, 1.807) is 24.3 Å². The number of aromatic hydroxyl groups is 2. The van der Waals surface area contributed by atoms with Gasteiger partial charge in [-0.2, -0.15) is 0 Å². The van der Waals surface area contributed by atoms with Crippen molar-refractivity contribution in [1.29, 1.82) is 0 Å². The average Bonchev–Trinajstić information content (AvgIpc) is 2.51. The number of fused-ring (bicyclic) bond motifs is 1. The second-order valence-electron chi connectivity index (χ2n) is 5.15. The molecule has 0 saturated carbocycles. The molecule has 3 rings (SSSR count). The molecule has 2 aromatic rings. The molecule has 1 fully saturated rings. The smallest absolute Gasteiger partial charge is 0.256 e. The first-order valence-corrected chi connectivity index (χ1v) is 6.92. The number of rotatable bonds is 2. The van der Waals surface area contributed by atoms with Crippen molar-refractivity contribution in [2.24, 2.45) is 0 Å². The molecule has 1 aromatic heterocycles. The van der Waals surface area contributed by atoms with E-state index >= 15 is 0 Å². The summed E-state index contributed by atoms with van der Waals surface area (Å²) in [5, 5.41) is 24.6. The van der Waals surface area contributed by atoms with E-state index in [9.17, 15) is 24.6 Å². The minimum absolute atomic E-state index is 0.116. The molecular weight excluding hydrogens is 302 g/mol. The molecule has 0 radical (unpaired) electrons. The Morgan fingerprint density at radius 1 is 1.26 bits per heavy atom. The maximum Gasteiger partial charge on any atom is 0.256 e. The lowest BCUT2D eigenvalue weighted by atomic mass is 10.0. The van der Waals surface area contributed by atoms with E-state index in [0.29, 0.717) is 10.9 Å². The van der Waals surface area contributed by atoms with Gasteiger partial charge in [0.05, 0.1) is 11.1 Å². The van der Waals surface area contributed by atoms with Crippen molar-refractivity contribution in [3.8, 4) is 11.6 Å². The molecule has 0 bridgehead atoms. The number of pyridine rings is 1. The number of carbonyl (C=O) groups is 3. The zero-order valence-electron chi connectivity index (χ0n) is 11.9. The molecule has 4 N–H and O–H groups in total. The highest BCUT2D eigenvalue weighted by atomic mass is 16.3. The number of para-hydroxylation sites is 1. The third kappa shape index (κ3) is 2.66. The maximum absolute atomic E-state index is 12.5. The minimum Gasteiger partial charge on any atom is -0.503 e. The SMILES string of the molecule is O=C1CCC(NC(=O)c2c(O)c(O)nc3ccccc23)C(=O)N1. The molecule has 1 unspecified atom stereocenters. The van der Waals surface area contributed by atoms with Crippen molar-refractivity contribution in [3.63, 3.8) is 0 Å². The lowest BCUT2D eigenvalue weighted by molar-refractivity contribution is -0.134. The van der Waals surface area contributed by atoms with E-state index in [1.807, 2.05) is 0 Å². The summed E-state index contributed by atoms with van der Waals surface area (Å²) in [6, 6.07) is 5.60. The minimum atomic E-state index is -0.881. The first-order valence-electron chi connectivity index (χ1n) is 6.92. The van der Waals surface area contributed by atoms with E-state index in [2.05, 4.69) is 15.6 Å². The number of hydrogen-bond acceptors (Lipinski definition) is 6. The normalized spacial score (nSPS) is 17.8. The fourth-order valence-electron chi connectivity index (χ4n) is 2.48. The van der Waals surface area contributed by atoms with Crippen molar-refractivity contribution in [2.45, 2.75) is 18.9 Å². The van der Waals surface area contributed by atoms with Crippen molar-refractivity contribution < 1.29 is 24.6 Å². The summed E-state index contributed by atoms with van der Waals surface area (Å²) in [6.45, 7) is 0. The van der Waals surface area contributed by atoms with Crippen LogP contribution >= 0.6 is 0 Å². The molecule has 1 aromatic carbocycles. The molecule has 1 atom stereocenters. The van der Waals surface area contributed by atoms with Crippen LogP contribution in [0.15, 0.2) is 24.3 Å². The number of amides is 3. The highest BCUT2D eigenvalue weighted by molar-refractivity contribution is 6.11. The Balaban J connectivity index is 1.96. The van der Waals surface area contributed by atoms with Gasteiger partial charge in [0.25, 0.3) is 11.8 Å². The fourth-order valence-corrected chi connectivity index (χ4v) is 2.48. The molecule has 2 heterocycles. The maximum atomic E-state index is 12.5. The molecule has 1 aliphatic heterocycles. The highest BCUT2D eigenvalue weighted by Crippen LogP contribution is 2.33. The van der Waals surface area contributed by atoms with Gasteiger partial charge in [-0.1, -0.05) is 18.2 Å². The molecular formula is C15H13N3O5. The quantitative estimate of drug-likeness (QED) is 0.585. The highest BCUT2D eigenvalue weighted by Gasteiger charge is 2.30. The molecule has 0 spiro atoms. The van der Waals surface area contributed by atoms with Gasteiger partial charge < -0.3 is 15.5 Å². The largest absolute Gasteiger partial charge is 0.503 e. The Hall–Kier alpha value is -3.16. The molecule has 8 nitrogen and oxygen atoms in total. The van der Waals surface area contributed by atoms with Crippen molar-refractivity contribution in [2.75, 3.05) is 0 Å². The number of benzene rings is 1. The first-order chi connectivity index (χ1) is 11.0. The average molecular weight is 315 g/mol. The van der Waals surface area contributed by atoms with Crippen LogP contribution < -0.4 is 10.6 Å². The second kappa shape index (κ2) is 5.56. The number of piperidine rings is 1. The van der Waals surface area contributed by atoms with E-state index in [-0.39, 0.29) is 18.4 Å². The summed E-state index contributed by atoms with van der Waals surface area (Å²) < 4.78 is 0. The van der Waals surface area contributed by atoms with Crippen molar-refractivity contribution in [3.05, 3.63) is 29.8 Å². The van der Waals surface area contributed by atoms with Gasteiger partial charge in [0.15, 0.2) is 5.75 Å². The number of nitrogens with one attached hydrogen (secondary N) is 2. The summed E-state index contributed by atoms with van der Waals surface area (Å²) in [4.78, 5) is 39.1. The number of carbonyl (C=O) groups excluding carboxylic acids is 3. The standard InChI is InChI=1S/C15H13N3O5/c19-10-6-5-9(13(21)18-10)17-14(22)11-7-3-1-2-4-8(7)16-15(23)12(11)20/h1-4,9,20H,5-6H2,(H,16,23)(H,17,22)(H,18,19,21). The zero-order chi connectivity index (χ0) is 16.6. The summed E-state index contributed by atoms with van der Waals surface area (Å²) in [5.41, 5.74) is 0.161. The Kier molecular flexibility index (Phi) is 3.57. The number of nitrogens with zero attached hydrogens (tertiary/aromatic N) is 1. The number of imide groups is 1. The molecule has 0 aliphatic carbocycles. The van der Waals surface area contributed by atoms with Crippen LogP contribution in [0.3, 0.4) is 0 Å². The third-order valence-electron chi connectivity index (χ3n) is 3.62. The lowest BCUT2D eigenvalue weighted by Gasteiger charge is -2.22. The fraction of sp³-hybridized carbons (Fsp3) is 0.200. The van der Waals surface area contributed by atoms with E-state index in [1.165, 1.54) is 0 Å². The molecule has 23 heavy (non-hydrogen) atoms. The summed E-state index contributed by atoms with van der Waals surface area (Å²) in [6.07, 6.45) is 0.289. The van der Waals surface area contributed by atoms with Gasteiger partial charge in [0, 0.05) is 11.8 Å². The number of hydrogen-bond donors (Lipinski definition) is 4. The van der Waals surface area contributed by atoms with Gasteiger partial charge in [0.2, 0.25) is 11.8 Å². The van der Waals surface area contributed by atoms with E-state index < -0.39 is 35.4 Å². The zero-order valence-corrected chi connectivity index (χ0v) is 11.9. The van der Waals surface area contributed by atoms with E-state index in [4.69, 9.17) is 0 Å². The molecule has 118 valence electrons. The topological polar surface area (TPSA) is 129 Å². The Morgan fingerprint density at radius 2 is 2.00 bits per heavy atom. The predicted octanol–water partition coefficient (Wildman–Crippen LogP) is 0.181. The van der Waals surface area contributed by atoms with Gasteiger partial charge in [-0.05, 0) is 12.5 Å². The van der Waals surface area contributed by atoms with Gasteiger partial charge >= 0.3 is 0 Å². The molecule has 3 amide bonds. The van der Waals surface area contributed by atoms with Crippen LogP contribution in [0.1, 0.15) is 23.2 Å². The van der Waals surface area contributed by atoms with Crippen molar-refractivity contribution in [1.82, 2.24) is 15.6 Å². The predicted molar refractivity (Wildman–Crippen MR) is 78.7 cm³/mol. The summed E-state index contributed by atoms with van der Waals surface area (Å²) in [5.74, 6) is -3.05. The Morgan fingerprint density at radius 3 is 2.74 bits per heavy atom. The van der Waals surface area contributed by atoms with Crippen LogP contribution in [0.4, 0.5) is 0 Å². The van der Waals surface area contributed by atoms with Gasteiger partial charge in [-0.25, -0.2) is 4.98 Å². The summed E-state index contributed by atoms with van der Waals surface area (Å²) in [7, 11) is 0. The number of aromatic nitrogens is 1. The van der Waals surface area contributed by atoms with Crippen molar-refractivity contribution >= 4 is 28.6 Å². The van der Waals surface area contributed by atoms with Crippen LogP contribution in [-0.2, 0) is 9.59 Å². The Labute approximate surface area is 130 Å². The lowest BCUT2D eigenvalue weighted by Crippen LogP contribution is -2.52. The van der Waals surface area contributed by atoms with Gasteiger partial charge in [-0.3, -0.25) is 19.7 Å². The van der Waals surface area contributed by atoms with Crippen LogP contribution in [0.25, 0.3) is 10.9 Å². The van der Waals surface area contributed by atoms with Gasteiger partial charge in [-0.15, -0.1) is 0 Å². The monoisotopic (exact) mass is 315 g/mol. The third-order valence-corrected chi connectivity index (χ3v) is 3.62. The molecule has 8 heteroatoms. The van der Waals surface area contributed by atoms with Crippen LogP contribution in [0.2, 0.25) is 0 Å².